The summed E-state index contributed by atoms with van der Waals surface area (Å²) in [7, 11) is -1.93. The molecular weight excluding hydrogens is 464 g/mol. The van der Waals surface area contributed by atoms with Crippen LogP contribution in [0.2, 0.25) is 0 Å². The van der Waals surface area contributed by atoms with Crippen molar-refractivity contribution in [2.75, 3.05) is 36.9 Å². The third-order valence-corrected chi connectivity index (χ3v) is 7.49. The number of fused-ring (bicyclic) bond motifs is 2. The molecule has 5 rings (SSSR count). The highest BCUT2D eigenvalue weighted by Gasteiger charge is 2.29. The molecule has 0 aromatic heterocycles. The number of amides is 1. The number of rotatable bonds is 5. The van der Waals surface area contributed by atoms with Crippen LogP contribution in [0.1, 0.15) is 22.8 Å². The van der Waals surface area contributed by atoms with Gasteiger partial charge in [0.2, 0.25) is 0 Å². The number of nitrogens with one attached hydrogen (secondary N) is 1. The number of amidine groups is 1. The Hall–Kier alpha value is -3.85. The second-order valence-electron chi connectivity index (χ2n) is 8.55. The Balaban J connectivity index is 1.25. The van der Waals surface area contributed by atoms with Gasteiger partial charge in [-0.3, -0.25) is 4.79 Å². The summed E-state index contributed by atoms with van der Waals surface area (Å²) in [5.74, 6) is 0.987. The molecule has 0 unspecified atom stereocenters. The van der Waals surface area contributed by atoms with Gasteiger partial charge in [-0.2, -0.15) is 8.42 Å². The highest BCUT2D eigenvalue weighted by atomic mass is 32.2. The summed E-state index contributed by atoms with van der Waals surface area (Å²) in [4.78, 5) is 17.2. The number of hydrogen-bond acceptors (Lipinski definition) is 6. The van der Waals surface area contributed by atoms with Gasteiger partial charge in [-0.15, -0.1) is 4.40 Å². The van der Waals surface area contributed by atoms with Crippen molar-refractivity contribution in [1.82, 2.24) is 4.90 Å². The van der Waals surface area contributed by atoms with Crippen LogP contribution >= 0.6 is 0 Å². The van der Waals surface area contributed by atoms with Gasteiger partial charge >= 0.3 is 0 Å². The van der Waals surface area contributed by atoms with Gasteiger partial charge in [0.25, 0.3) is 15.9 Å². The SMILES string of the molecule is CCN1C[C@H](CN(C)C(=O)c2ccc(NC3=NS(=O)(=O)c4ccccc43)cc2)Oc2ccccc21. The number of likely N-dealkylation sites (N-methyl/N-ethyl adjacent to an activating group) is 2. The van der Waals surface area contributed by atoms with Gasteiger partial charge < -0.3 is 19.9 Å². The average molecular weight is 491 g/mol. The molecule has 8 nitrogen and oxygen atoms in total. The van der Waals surface area contributed by atoms with Crippen molar-refractivity contribution in [3.8, 4) is 5.75 Å². The molecule has 0 fully saturated rings. The number of hydrogen-bond donors (Lipinski definition) is 1. The lowest BCUT2D eigenvalue weighted by Gasteiger charge is -2.37. The molecule has 3 aromatic carbocycles. The average Bonchev–Trinajstić information content (AvgIpc) is 3.13. The number of carbonyl (C=O) groups is 1. The van der Waals surface area contributed by atoms with Crippen LogP contribution in [-0.4, -0.2) is 57.8 Å². The molecule has 0 bridgehead atoms. The number of sulfonamides is 1. The zero-order valence-corrected chi connectivity index (χ0v) is 20.3. The minimum Gasteiger partial charge on any atom is -0.485 e. The number of nitrogens with zero attached hydrogens (tertiary/aromatic N) is 3. The Morgan fingerprint density at radius 1 is 1.09 bits per heavy atom. The summed E-state index contributed by atoms with van der Waals surface area (Å²) >= 11 is 0. The van der Waals surface area contributed by atoms with Gasteiger partial charge in [-0.05, 0) is 55.5 Å². The summed E-state index contributed by atoms with van der Waals surface area (Å²) < 4.78 is 34.5. The predicted octanol–water partition coefficient (Wildman–Crippen LogP) is 3.61. The van der Waals surface area contributed by atoms with E-state index in [0.717, 1.165) is 18.0 Å². The monoisotopic (exact) mass is 490 g/mol. The molecule has 0 saturated carbocycles. The van der Waals surface area contributed by atoms with E-state index in [1.807, 2.05) is 24.3 Å². The highest BCUT2D eigenvalue weighted by molar-refractivity contribution is 7.90. The van der Waals surface area contributed by atoms with Crippen LogP contribution in [0.3, 0.4) is 0 Å². The van der Waals surface area contributed by atoms with Crippen LogP contribution in [-0.2, 0) is 10.0 Å². The largest absolute Gasteiger partial charge is 0.485 e. The maximum atomic E-state index is 13.1. The van der Waals surface area contributed by atoms with Crippen molar-refractivity contribution < 1.29 is 17.9 Å². The fourth-order valence-corrected chi connectivity index (χ4v) is 5.59. The van der Waals surface area contributed by atoms with E-state index in [9.17, 15) is 13.2 Å². The first-order valence-corrected chi connectivity index (χ1v) is 12.9. The molecule has 35 heavy (non-hydrogen) atoms. The Morgan fingerprint density at radius 2 is 1.80 bits per heavy atom. The molecule has 1 amide bonds. The van der Waals surface area contributed by atoms with Crippen molar-refractivity contribution >= 4 is 33.1 Å². The molecule has 0 saturated heterocycles. The van der Waals surface area contributed by atoms with Crippen molar-refractivity contribution in [3.05, 3.63) is 83.9 Å². The summed E-state index contributed by atoms with van der Waals surface area (Å²) in [6, 6.07) is 21.5. The molecule has 3 aromatic rings. The molecule has 0 aliphatic carbocycles. The Labute approximate surface area is 204 Å². The first-order valence-electron chi connectivity index (χ1n) is 11.4. The Morgan fingerprint density at radius 3 is 2.57 bits per heavy atom. The summed E-state index contributed by atoms with van der Waals surface area (Å²) in [6.07, 6.45) is -0.137. The van der Waals surface area contributed by atoms with Gasteiger partial charge in [-0.25, -0.2) is 0 Å². The number of para-hydroxylation sites is 2. The lowest BCUT2D eigenvalue weighted by Crippen LogP contribution is -2.46. The van der Waals surface area contributed by atoms with Gasteiger partial charge in [0, 0.05) is 30.4 Å². The summed E-state index contributed by atoms with van der Waals surface area (Å²) in [6.45, 7) is 4.13. The standard InChI is InChI=1S/C26H26N4O4S/c1-3-30-17-20(34-23-10-6-5-9-22(23)30)16-29(2)26(31)18-12-14-19(15-13-18)27-25-21-8-4-7-11-24(21)35(32,33)28-25/h4-15,20H,3,16-17H2,1-2H3,(H,27,28)/t20-/m0/s1. The van der Waals surface area contributed by atoms with Crippen LogP contribution < -0.4 is 15.0 Å². The molecule has 2 aliphatic rings. The number of carbonyl (C=O) groups excluding carboxylic acids is 1. The molecule has 0 spiro atoms. The smallest absolute Gasteiger partial charge is 0.285 e. The quantitative estimate of drug-likeness (QED) is 0.588. The predicted molar refractivity (Wildman–Crippen MR) is 136 cm³/mol. The van der Waals surface area contributed by atoms with Crippen LogP contribution in [0.5, 0.6) is 5.75 Å². The van der Waals surface area contributed by atoms with Crippen molar-refractivity contribution in [2.45, 2.75) is 17.9 Å². The van der Waals surface area contributed by atoms with Gasteiger partial charge in [0.1, 0.15) is 16.7 Å². The second kappa shape index (κ2) is 9.07. The minimum absolute atomic E-state index is 0.117. The second-order valence-corrected chi connectivity index (χ2v) is 10.1. The lowest BCUT2D eigenvalue weighted by molar-refractivity contribution is 0.0709. The molecule has 0 radical (unpaired) electrons. The van der Waals surface area contributed by atoms with Gasteiger partial charge in [0.05, 0.1) is 18.8 Å². The third kappa shape index (κ3) is 4.46. The van der Waals surface area contributed by atoms with E-state index in [1.54, 1.807) is 54.4 Å². The first kappa shape index (κ1) is 22.9. The molecule has 2 heterocycles. The number of benzene rings is 3. The zero-order chi connectivity index (χ0) is 24.6. The van der Waals surface area contributed by atoms with Crippen LogP contribution in [0.4, 0.5) is 11.4 Å². The Bertz CT molecular complexity index is 1400. The normalized spacial score (nSPS) is 17.6. The van der Waals surface area contributed by atoms with Crippen LogP contribution in [0, 0.1) is 0 Å². The number of anilines is 2. The van der Waals surface area contributed by atoms with Crippen LogP contribution in [0.15, 0.2) is 82.1 Å². The molecule has 2 aliphatic heterocycles. The van der Waals surface area contributed by atoms with E-state index < -0.39 is 10.0 Å². The topological polar surface area (TPSA) is 91.3 Å². The van der Waals surface area contributed by atoms with Crippen molar-refractivity contribution in [1.29, 1.82) is 0 Å². The molecule has 9 heteroatoms. The maximum absolute atomic E-state index is 13.1. The fraction of sp³-hybridized carbons (Fsp3) is 0.231. The van der Waals surface area contributed by atoms with E-state index in [2.05, 4.69) is 21.5 Å². The first-order chi connectivity index (χ1) is 16.9. The van der Waals surface area contributed by atoms with E-state index in [-0.39, 0.29) is 22.7 Å². The van der Waals surface area contributed by atoms with E-state index in [1.165, 1.54) is 6.07 Å². The van der Waals surface area contributed by atoms with Gasteiger partial charge in [0.15, 0.2) is 5.84 Å². The number of ether oxygens (including phenoxy) is 1. The molecule has 180 valence electrons. The van der Waals surface area contributed by atoms with Crippen molar-refractivity contribution in [2.24, 2.45) is 4.40 Å². The summed E-state index contributed by atoms with van der Waals surface area (Å²) in [5, 5.41) is 3.05. The van der Waals surface area contributed by atoms with E-state index >= 15 is 0 Å². The van der Waals surface area contributed by atoms with Gasteiger partial charge in [-0.1, -0.05) is 24.3 Å². The summed E-state index contributed by atoms with van der Waals surface area (Å²) in [5.41, 5.74) is 2.77. The minimum atomic E-state index is -3.70. The molecule has 1 N–H and O–H groups in total. The molecular formula is C26H26N4O4S. The third-order valence-electron chi connectivity index (χ3n) is 6.16. The molecule has 1 atom stereocenters. The van der Waals surface area contributed by atoms with Crippen LogP contribution in [0.25, 0.3) is 0 Å². The fourth-order valence-electron chi connectivity index (χ4n) is 4.41. The van der Waals surface area contributed by atoms with E-state index in [0.29, 0.717) is 29.9 Å². The highest BCUT2D eigenvalue weighted by Crippen LogP contribution is 2.33. The van der Waals surface area contributed by atoms with E-state index in [4.69, 9.17) is 4.74 Å². The zero-order valence-electron chi connectivity index (χ0n) is 19.5. The Kier molecular flexibility index (Phi) is 5.94. The lowest BCUT2D eigenvalue weighted by atomic mass is 10.1. The van der Waals surface area contributed by atoms with Crippen molar-refractivity contribution in [3.63, 3.8) is 0 Å². The maximum Gasteiger partial charge on any atom is 0.285 e.